The Kier molecular flexibility index (Phi) is 5.04. The van der Waals surface area contributed by atoms with Crippen LogP contribution in [0.25, 0.3) is 0 Å². The van der Waals surface area contributed by atoms with E-state index in [1.807, 2.05) is 0 Å². The minimum absolute atomic E-state index is 0.318. The fourth-order valence-electron chi connectivity index (χ4n) is 1.34. The van der Waals surface area contributed by atoms with Crippen molar-refractivity contribution in [2.45, 2.75) is 32.7 Å². The molecule has 0 spiro atoms. The van der Waals surface area contributed by atoms with Gasteiger partial charge in [-0.1, -0.05) is 20.3 Å². The molecule has 1 saturated heterocycles. The lowest BCUT2D eigenvalue weighted by molar-refractivity contribution is 0.112. The molecule has 1 unspecified atom stereocenters. The summed E-state index contributed by atoms with van der Waals surface area (Å²) >= 11 is 0. The van der Waals surface area contributed by atoms with Gasteiger partial charge in [-0.3, -0.25) is 9.48 Å². The number of aldehydes is 1. The summed E-state index contributed by atoms with van der Waals surface area (Å²) in [7, 11) is 0. The third-order valence-corrected chi connectivity index (χ3v) is 2.04. The molecule has 2 heterocycles. The Labute approximate surface area is 90.2 Å². The van der Waals surface area contributed by atoms with Crippen LogP contribution in [-0.4, -0.2) is 29.3 Å². The summed E-state index contributed by atoms with van der Waals surface area (Å²) < 4.78 is 7.01. The van der Waals surface area contributed by atoms with Gasteiger partial charge in [-0.25, -0.2) is 0 Å². The molecular weight excluding hydrogens is 192 g/mol. The molecule has 1 aromatic heterocycles. The first kappa shape index (κ1) is 11.9. The smallest absolute Gasteiger partial charge is 0.153 e. The minimum Gasteiger partial charge on any atom is -0.379 e. The van der Waals surface area contributed by atoms with Gasteiger partial charge in [0.1, 0.15) is 0 Å². The number of carbonyl (C=O) groups excluding carboxylic acids is 1. The average molecular weight is 210 g/mol. The molecule has 4 heteroatoms. The molecule has 0 N–H and O–H groups in total. The van der Waals surface area contributed by atoms with Crippen LogP contribution in [0.2, 0.25) is 0 Å². The normalized spacial score (nSPS) is 19.5. The molecule has 4 nitrogen and oxygen atoms in total. The molecule has 1 aliphatic heterocycles. The van der Waals surface area contributed by atoms with Crippen molar-refractivity contribution >= 4 is 6.29 Å². The predicted molar refractivity (Wildman–Crippen MR) is 58.1 cm³/mol. The van der Waals surface area contributed by atoms with Crippen molar-refractivity contribution in [3.8, 4) is 0 Å². The topological polar surface area (TPSA) is 44.1 Å². The highest BCUT2D eigenvalue weighted by Crippen LogP contribution is 2.17. The van der Waals surface area contributed by atoms with Crippen molar-refractivity contribution < 1.29 is 9.53 Å². The molecule has 0 aromatic carbocycles. The van der Waals surface area contributed by atoms with Crippen LogP contribution < -0.4 is 0 Å². The monoisotopic (exact) mass is 210 g/mol. The second kappa shape index (κ2) is 6.35. The number of hydrogen-bond donors (Lipinski definition) is 0. The molecule has 0 radical (unpaired) electrons. The number of aromatic nitrogens is 2. The molecule has 1 aromatic rings. The lowest BCUT2D eigenvalue weighted by Gasteiger charge is -2.06. The van der Waals surface area contributed by atoms with Crippen LogP contribution in [0.1, 0.15) is 43.1 Å². The Morgan fingerprint density at radius 1 is 1.67 bits per heavy atom. The highest BCUT2D eigenvalue weighted by atomic mass is 16.5. The van der Waals surface area contributed by atoms with E-state index in [9.17, 15) is 4.79 Å². The first-order chi connectivity index (χ1) is 7.31. The SMILES string of the molecule is CCC.O=Cc1cnn(C2CCOC2)c1. The van der Waals surface area contributed by atoms with Gasteiger partial charge in [-0.15, -0.1) is 0 Å². The van der Waals surface area contributed by atoms with Crippen molar-refractivity contribution in [1.82, 2.24) is 9.78 Å². The zero-order chi connectivity index (χ0) is 11.1. The van der Waals surface area contributed by atoms with Crippen molar-refractivity contribution in [1.29, 1.82) is 0 Å². The summed E-state index contributed by atoms with van der Waals surface area (Å²) in [6.45, 7) is 5.75. The summed E-state index contributed by atoms with van der Waals surface area (Å²) in [4.78, 5) is 10.4. The van der Waals surface area contributed by atoms with E-state index < -0.39 is 0 Å². The second-order valence-corrected chi connectivity index (χ2v) is 3.60. The molecule has 2 rings (SSSR count). The molecule has 84 valence electrons. The van der Waals surface area contributed by atoms with Crippen molar-refractivity contribution in [3.63, 3.8) is 0 Å². The first-order valence-electron chi connectivity index (χ1n) is 5.38. The van der Waals surface area contributed by atoms with E-state index in [2.05, 4.69) is 18.9 Å². The quantitative estimate of drug-likeness (QED) is 0.702. The number of ether oxygens (including phenoxy) is 1. The molecule has 0 amide bonds. The molecule has 1 aliphatic rings. The van der Waals surface area contributed by atoms with Crippen LogP contribution in [0.5, 0.6) is 0 Å². The average Bonchev–Trinajstić information content (AvgIpc) is 2.90. The first-order valence-corrected chi connectivity index (χ1v) is 5.38. The Morgan fingerprint density at radius 3 is 2.87 bits per heavy atom. The molecular formula is C11H18N2O2. The maximum absolute atomic E-state index is 10.4. The van der Waals surface area contributed by atoms with Crippen LogP contribution >= 0.6 is 0 Å². The molecule has 1 fully saturated rings. The zero-order valence-electron chi connectivity index (χ0n) is 9.35. The molecule has 0 bridgehead atoms. The number of carbonyl (C=O) groups is 1. The maximum Gasteiger partial charge on any atom is 0.153 e. The molecule has 15 heavy (non-hydrogen) atoms. The second-order valence-electron chi connectivity index (χ2n) is 3.60. The summed E-state index contributed by atoms with van der Waals surface area (Å²) in [5.41, 5.74) is 0.627. The maximum atomic E-state index is 10.4. The van der Waals surface area contributed by atoms with Gasteiger partial charge in [-0.2, -0.15) is 5.10 Å². The van der Waals surface area contributed by atoms with E-state index in [0.29, 0.717) is 18.2 Å². The Hall–Kier alpha value is -1.16. The van der Waals surface area contributed by atoms with E-state index in [-0.39, 0.29) is 0 Å². The lowest BCUT2D eigenvalue weighted by atomic mass is 10.3. The summed E-state index contributed by atoms with van der Waals surface area (Å²) in [6, 6.07) is 0.318. The van der Waals surface area contributed by atoms with Gasteiger partial charge < -0.3 is 4.74 Å². The van der Waals surface area contributed by atoms with E-state index in [0.717, 1.165) is 19.3 Å². The minimum atomic E-state index is 0.318. The van der Waals surface area contributed by atoms with Gasteiger partial charge in [0, 0.05) is 12.8 Å². The standard InChI is InChI=1S/C8H10N2O2.C3H8/c11-5-7-3-9-10(4-7)8-1-2-12-6-8;1-3-2/h3-5,8H,1-2,6H2;3H2,1-2H3. The molecule has 0 aliphatic carbocycles. The number of hydrogen-bond acceptors (Lipinski definition) is 3. The van der Waals surface area contributed by atoms with Gasteiger partial charge in [0.05, 0.1) is 24.4 Å². The largest absolute Gasteiger partial charge is 0.379 e. The Bertz CT molecular complexity index is 291. The Balaban J connectivity index is 0.000000337. The summed E-state index contributed by atoms with van der Waals surface area (Å²) in [5, 5.41) is 4.07. The third kappa shape index (κ3) is 3.47. The number of rotatable bonds is 2. The zero-order valence-corrected chi connectivity index (χ0v) is 9.35. The fourth-order valence-corrected chi connectivity index (χ4v) is 1.34. The van der Waals surface area contributed by atoms with Gasteiger partial charge in [0.15, 0.2) is 6.29 Å². The predicted octanol–water partition coefficient (Wildman–Crippen LogP) is 2.07. The van der Waals surface area contributed by atoms with Crippen LogP contribution in [0.3, 0.4) is 0 Å². The molecule has 0 saturated carbocycles. The summed E-state index contributed by atoms with van der Waals surface area (Å²) in [6.07, 6.45) is 6.37. The van der Waals surface area contributed by atoms with Crippen molar-refractivity contribution in [2.75, 3.05) is 13.2 Å². The van der Waals surface area contributed by atoms with E-state index in [1.54, 1.807) is 17.1 Å². The van der Waals surface area contributed by atoms with Crippen LogP contribution in [0, 0.1) is 0 Å². The third-order valence-electron chi connectivity index (χ3n) is 2.04. The Morgan fingerprint density at radius 2 is 2.40 bits per heavy atom. The van der Waals surface area contributed by atoms with Gasteiger partial charge in [0.2, 0.25) is 0 Å². The van der Waals surface area contributed by atoms with E-state index in [1.165, 1.54) is 6.42 Å². The van der Waals surface area contributed by atoms with E-state index >= 15 is 0 Å². The van der Waals surface area contributed by atoms with Crippen molar-refractivity contribution in [3.05, 3.63) is 18.0 Å². The highest BCUT2D eigenvalue weighted by molar-refractivity contribution is 5.73. The van der Waals surface area contributed by atoms with Gasteiger partial charge in [0.25, 0.3) is 0 Å². The van der Waals surface area contributed by atoms with Crippen molar-refractivity contribution in [2.24, 2.45) is 0 Å². The van der Waals surface area contributed by atoms with Gasteiger partial charge in [-0.05, 0) is 6.42 Å². The summed E-state index contributed by atoms with van der Waals surface area (Å²) in [5.74, 6) is 0. The van der Waals surface area contributed by atoms with Crippen LogP contribution in [-0.2, 0) is 4.74 Å². The lowest BCUT2D eigenvalue weighted by Crippen LogP contribution is -2.08. The highest BCUT2D eigenvalue weighted by Gasteiger charge is 2.17. The molecule has 1 atom stereocenters. The fraction of sp³-hybridized carbons (Fsp3) is 0.636. The van der Waals surface area contributed by atoms with Gasteiger partial charge >= 0.3 is 0 Å². The van der Waals surface area contributed by atoms with E-state index in [4.69, 9.17) is 4.74 Å². The van der Waals surface area contributed by atoms with Crippen LogP contribution in [0.4, 0.5) is 0 Å². The number of nitrogens with zero attached hydrogens (tertiary/aromatic N) is 2. The van der Waals surface area contributed by atoms with Crippen LogP contribution in [0.15, 0.2) is 12.4 Å².